The first-order valence-corrected chi connectivity index (χ1v) is 38.2. The molecule has 10 amide bonds. The lowest BCUT2D eigenvalue weighted by molar-refractivity contribution is -0.154. The van der Waals surface area contributed by atoms with Gasteiger partial charge in [-0.05, 0) is 164 Å². The Bertz CT molecular complexity index is 2910. The highest BCUT2D eigenvalue weighted by atomic mass is 79.9. The number of amides is 10. The summed E-state index contributed by atoms with van der Waals surface area (Å²) in [5, 5.41) is 29.4. The summed E-state index contributed by atoms with van der Waals surface area (Å²) >= 11 is 46.6. The van der Waals surface area contributed by atoms with Crippen LogP contribution < -0.4 is 53.2 Å². The molecule has 0 heterocycles. The second kappa shape index (κ2) is 40.5. The van der Waals surface area contributed by atoms with Crippen molar-refractivity contribution in [2.45, 2.75) is 269 Å². The lowest BCUT2D eigenvalue weighted by atomic mass is 9.95. The van der Waals surface area contributed by atoms with Gasteiger partial charge in [-0.1, -0.05) is 171 Å². The molecule has 99 heavy (non-hydrogen) atoms. The highest BCUT2D eigenvalue weighted by Crippen LogP contribution is 2.35. The third-order valence-corrected chi connectivity index (χ3v) is 19.0. The van der Waals surface area contributed by atoms with Crippen LogP contribution in [0.15, 0.2) is 28.7 Å². The number of carbonyl (C=O) groups is 11. The standard InChI is InChI=1S/C63H95BrN10O13.3CHCl3/c1-34(49(75)66-43-23-12-18-38(43)51(77)68-46-26-16-22-42(46)55(81)73-63(9,10)58(84)86-33-35-29-31-36(64)32-30-35)65-50(76)37-17-11-24-44(37)67-52(78)39-19-13-27-47(39)70-56(82)61(5,6)72-54(80)41-21-15-25-45(41)69-53(79)40-20-14-28-48(40)71-57(83)62(7,8)74-59(85)87-60(2,3)4;3*2-1(3)4/h29-32,34,37-48H,11-28,33H2,1-10H3,(H,65,76)(H,66,75)(H,67,78)(H,68,77)(H,69,79)(H,70,82)(H,71,83)(H,72,80)(H,73,81)(H,74,85);3*1H/t34-,37-,38-,39-,40-,41-,42-,43-,44-,45-,46-,47-,48-;;;/m0.../s1. The summed E-state index contributed by atoms with van der Waals surface area (Å²) in [5.74, 6) is -7.42. The van der Waals surface area contributed by atoms with E-state index in [1.165, 1.54) is 0 Å². The molecule has 560 valence electrons. The van der Waals surface area contributed by atoms with Crippen molar-refractivity contribution in [2.24, 2.45) is 35.5 Å². The van der Waals surface area contributed by atoms with Crippen LogP contribution in [0.2, 0.25) is 0 Å². The van der Waals surface area contributed by atoms with Gasteiger partial charge in [0.25, 0.3) is 0 Å². The highest BCUT2D eigenvalue weighted by Gasteiger charge is 2.47. The number of hydrogen-bond acceptors (Lipinski definition) is 13. The Morgan fingerprint density at radius 3 is 1.05 bits per heavy atom. The molecule has 0 saturated heterocycles. The molecule has 10 N–H and O–H groups in total. The Hall–Kier alpha value is -3.72. The quantitative estimate of drug-likeness (QED) is 0.0382. The van der Waals surface area contributed by atoms with Gasteiger partial charge in [0.05, 0.1) is 35.5 Å². The lowest BCUT2D eigenvalue weighted by Crippen LogP contribution is -2.60. The number of alkyl carbamates (subject to hydrolysis) is 1. The second-order valence-electron chi connectivity index (χ2n) is 28.5. The molecule has 1 aromatic rings. The van der Waals surface area contributed by atoms with Crippen molar-refractivity contribution in [1.29, 1.82) is 0 Å². The Morgan fingerprint density at radius 2 is 0.707 bits per heavy atom. The molecule has 23 nitrogen and oxygen atoms in total. The van der Waals surface area contributed by atoms with Gasteiger partial charge in [0.2, 0.25) is 53.2 Å². The van der Waals surface area contributed by atoms with Crippen LogP contribution in [-0.4, -0.2) is 143 Å². The van der Waals surface area contributed by atoms with E-state index in [9.17, 15) is 52.7 Å². The van der Waals surface area contributed by atoms with Crippen molar-refractivity contribution in [2.75, 3.05) is 0 Å². The molecular formula is C66H98BrCl9N10O13. The molecule has 33 heteroatoms. The van der Waals surface area contributed by atoms with Gasteiger partial charge < -0.3 is 62.6 Å². The summed E-state index contributed by atoms with van der Waals surface area (Å²) in [7, 11) is 0. The molecule has 1 aromatic carbocycles. The summed E-state index contributed by atoms with van der Waals surface area (Å²) in [5.41, 5.74) is -3.99. The number of carbonyl (C=O) groups excluding carboxylic acids is 11. The van der Waals surface area contributed by atoms with E-state index in [0.717, 1.165) is 10.0 Å². The maximum Gasteiger partial charge on any atom is 0.408 e. The van der Waals surface area contributed by atoms with E-state index in [2.05, 4.69) is 69.1 Å². The smallest absolute Gasteiger partial charge is 0.408 e. The minimum atomic E-state index is -1.39. The summed E-state index contributed by atoms with van der Waals surface area (Å²) in [4.78, 5) is 150. The molecule has 0 aromatic heterocycles. The van der Waals surface area contributed by atoms with Gasteiger partial charge in [0.1, 0.15) is 34.9 Å². The number of ether oxygens (including phenoxy) is 2. The average Bonchev–Trinajstić information content (AvgIpc) is 1.75. The van der Waals surface area contributed by atoms with Crippen molar-refractivity contribution < 1.29 is 62.2 Å². The molecule has 6 aliphatic carbocycles. The first kappa shape index (κ1) is 87.7. The predicted molar refractivity (Wildman–Crippen MR) is 389 cm³/mol. The molecule has 6 saturated carbocycles. The number of esters is 1. The Kier molecular flexibility index (Phi) is 35.9. The molecule has 0 radical (unpaired) electrons. The number of halogens is 10. The van der Waals surface area contributed by atoms with E-state index in [1.54, 1.807) is 69.2 Å². The lowest BCUT2D eigenvalue weighted by Gasteiger charge is -2.32. The van der Waals surface area contributed by atoms with Crippen LogP contribution in [0.3, 0.4) is 0 Å². The normalized spacial score (nSPS) is 25.4. The van der Waals surface area contributed by atoms with Gasteiger partial charge in [-0.2, -0.15) is 0 Å². The fourth-order valence-electron chi connectivity index (χ4n) is 13.4. The van der Waals surface area contributed by atoms with E-state index >= 15 is 0 Å². The molecule has 13 atom stereocenters. The van der Waals surface area contributed by atoms with E-state index in [4.69, 9.17) is 114 Å². The van der Waals surface area contributed by atoms with Crippen LogP contribution in [0.5, 0.6) is 0 Å². The molecule has 7 rings (SSSR count). The fourth-order valence-corrected chi connectivity index (χ4v) is 13.6. The maximum atomic E-state index is 14.0. The molecule has 0 aliphatic heterocycles. The van der Waals surface area contributed by atoms with Gasteiger partial charge in [0, 0.05) is 40.7 Å². The maximum absolute atomic E-state index is 14.0. The first-order valence-electron chi connectivity index (χ1n) is 33.5. The van der Waals surface area contributed by atoms with E-state index in [-0.39, 0.29) is 42.0 Å². The Labute approximate surface area is 634 Å². The zero-order chi connectivity index (χ0) is 74.5. The minimum absolute atomic E-state index is 0.0459. The third-order valence-electron chi connectivity index (χ3n) is 18.4. The summed E-state index contributed by atoms with van der Waals surface area (Å²) < 4.78 is 9.50. The molecule has 0 bridgehead atoms. The topological polar surface area (TPSA) is 327 Å². The second-order valence-corrected chi connectivity index (χ2v) is 35.4. The Morgan fingerprint density at radius 1 is 0.414 bits per heavy atom. The summed E-state index contributed by atoms with van der Waals surface area (Å²) in [6.07, 6.45) is 9.76. The van der Waals surface area contributed by atoms with Crippen molar-refractivity contribution in [1.82, 2.24) is 53.2 Å². The summed E-state index contributed by atoms with van der Waals surface area (Å²) in [6.45, 7) is 16.3. The molecule has 6 fully saturated rings. The first-order chi connectivity index (χ1) is 46.0. The van der Waals surface area contributed by atoms with Crippen LogP contribution in [0, 0.1) is 35.5 Å². The van der Waals surface area contributed by atoms with E-state index in [1.807, 2.05) is 24.3 Å². The Balaban J connectivity index is 0.00000160. The zero-order valence-electron chi connectivity index (χ0n) is 57.6. The van der Waals surface area contributed by atoms with Crippen LogP contribution in [0.4, 0.5) is 4.79 Å². The average molecular weight is 1640 g/mol. The fraction of sp³-hybridized carbons (Fsp3) is 0.742. The van der Waals surface area contributed by atoms with Crippen molar-refractivity contribution >= 4 is 186 Å². The van der Waals surface area contributed by atoms with Gasteiger partial charge in [0.15, 0.2) is 12.9 Å². The van der Waals surface area contributed by atoms with Crippen LogP contribution in [0.25, 0.3) is 0 Å². The molecule has 0 spiro atoms. The predicted octanol–water partition coefficient (Wildman–Crippen LogP) is 10.8. The van der Waals surface area contributed by atoms with Crippen LogP contribution in [0.1, 0.15) is 190 Å². The number of nitrogens with one attached hydrogen (secondary N) is 10. The van der Waals surface area contributed by atoms with Crippen molar-refractivity contribution in [3.63, 3.8) is 0 Å². The largest absolute Gasteiger partial charge is 0.459 e. The van der Waals surface area contributed by atoms with E-state index < -0.39 is 143 Å². The van der Waals surface area contributed by atoms with Crippen molar-refractivity contribution in [3.05, 3.63) is 34.3 Å². The third kappa shape index (κ3) is 29.4. The number of benzene rings is 1. The SMILES string of the molecule is C[C@H](NC(=O)[C@H]1CCC[C@@H]1NC(=O)[C@H]1CCC[C@@H]1NC(=O)C(C)(C)NC(=O)[C@H]1CCC[C@@H]1NC(=O)[C@H]1CCC[C@@H]1NC(=O)C(C)(C)NC(=O)OC(C)(C)C)C(=O)N[C@H]1CCC[C@@H]1C(=O)N[C@H]1CCC[C@@H]1C(=O)NC(C)(C)C(=O)OCc1ccc(Br)cc1.ClC(Cl)Cl.ClC(Cl)Cl.ClC(Cl)Cl. The molecule has 0 unspecified atom stereocenters. The van der Waals surface area contributed by atoms with Crippen LogP contribution >= 0.6 is 120 Å². The minimum Gasteiger partial charge on any atom is -0.459 e. The zero-order valence-corrected chi connectivity index (χ0v) is 66.0. The van der Waals surface area contributed by atoms with Gasteiger partial charge in [-0.15, -0.1) is 0 Å². The molecule has 6 aliphatic rings. The monoisotopic (exact) mass is 1630 g/mol. The number of hydrogen-bond donors (Lipinski definition) is 10. The van der Waals surface area contributed by atoms with Gasteiger partial charge in [-0.25, -0.2) is 9.59 Å². The van der Waals surface area contributed by atoms with Crippen molar-refractivity contribution in [3.8, 4) is 0 Å². The number of rotatable bonds is 22. The number of alkyl halides is 9. The summed E-state index contributed by atoms with van der Waals surface area (Å²) in [6, 6.07) is 3.42. The van der Waals surface area contributed by atoms with Crippen LogP contribution in [-0.2, 0) is 64.0 Å². The molecular weight excluding hydrogens is 1540 g/mol. The van der Waals surface area contributed by atoms with Gasteiger partial charge >= 0.3 is 12.1 Å². The van der Waals surface area contributed by atoms with E-state index in [0.29, 0.717) is 116 Å². The highest BCUT2D eigenvalue weighted by molar-refractivity contribution is 9.10. The van der Waals surface area contributed by atoms with Gasteiger partial charge in [-0.3, -0.25) is 43.2 Å².